The molecule has 5 nitrogen and oxygen atoms in total. The number of amides is 3. The summed E-state index contributed by atoms with van der Waals surface area (Å²) in [6.45, 7) is 5.44. The number of carbonyl (C=O) groups is 2. The molecule has 120 valence electrons. The van der Waals surface area contributed by atoms with Gasteiger partial charge in [-0.3, -0.25) is 4.79 Å². The summed E-state index contributed by atoms with van der Waals surface area (Å²) in [4.78, 5) is 28.2. The predicted molar refractivity (Wildman–Crippen MR) is 86.8 cm³/mol. The van der Waals surface area contributed by atoms with Crippen LogP contribution >= 0.6 is 11.3 Å². The van der Waals surface area contributed by atoms with Gasteiger partial charge < -0.3 is 15.1 Å². The molecule has 1 saturated heterocycles. The number of thiophene rings is 1. The van der Waals surface area contributed by atoms with E-state index in [4.69, 9.17) is 0 Å². The van der Waals surface area contributed by atoms with Crippen molar-refractivity contribution in [2.24, 2.45) is 5.92 Å². The zero-order valence-corrected chi connectivity index (χ0v) is 13.8. The molecule has 0 bridgehead atoms. The Balaban J connectivity index is 1.48. The summed E-state index contributed by atoms with van der Waals surface area (Å²) in [5.74, 6) is 0.554. The van der Waals surface area contributed by atoms with E-state index in [9.17, 15) is 9.59 Å². The molecule has 2 fully saturated rings. The Bertz CT molecular complexity index is 553. The van der Waals surface area contributed by atoms with Crippen LogP contribution in [0.5, 0.6) is 0 Å². The normalized spacial score (nSPS) is 19.0. The van der Waals surface area contributed by atoms with Crippen molar-refractivity contribution in [3.63, 3.8) is 0 Å². The van der Waals surface area contributed by atoms with Crippen LogP contribution in [0, 0.1) is 12.8 Å². The summed E-state index contributed by atoms with van der Waals surface area (Å²) in [6, 6.07) is -0.0219. The molecule has 1 aliphatic heterocycles. The average Bonchev–Trinajstić information content (AvgIpc) is 3.31. The van der Waals surface area contributed by atoms with Gasteiger partial charge in [-0.25, -0.2) is 4.79 Å². The van der Waals surface area contributed by atoms with E-state index in [1.54, 1.807) is 11.3 Å². The fourth-order valence-electron chi connectivity index (χ4n) is 2.78. The molecule has 22 heavy (non-hydrogen) atoms. The maximum absolute atomic E-state index is 12.3. The summed E-state index contributed by atoms with van der Waals surface area (Å²) in [5, 5.41) is 7.16. The van der Waals surface area contributed by atoms with Crippen molar-refractivity contribution in [2.45, 2.75) is 32.7 Å². The van der Waals surface area contributed by atoms with Gasteiger partial charge in [0.25, 0.3) is 0 Å². The standard InChI is InChI=1S/C16H23N3O2S/c1-12-10-22-11-14(12)9-17-16(21)19-6-2-5-18(7-8-19)15(20)13-3-4-13/h10-11,13H,2-9H2,1H3,(H,17,21). The highest BCUT2D eigenvalue weighted by molar-refractivity contribution is 7.08. The van der Waals surface area contributed by atoms with Gasteiger partial charge in [-0.1, -0.05) is 0 Å². The molecule has 0 radical (unpaired) electrons. The lowest BCUT2D eigenvalue weighted by Gasteiger charge is -2.22. The van der Waals surface area contributed by atoms with Gasteiger partial charge in [-0.05, 0) is 48.1 Å². The molecule has 1 aromatic heterocycles. The number of aryl methyl sites for hydroxylation is 1. The first kappa shape index (κ1) is 15.3. The fraction of sp³-hybridized carbons (Fsp3) is 0.625. The molecule has 2 aliphatic rings. The maximum Gasteiger partial charge on any atom is 0.317 e. The van der Waals surface area contributed by atoms with Crippen molar-refractivity contribution in [1.82, 2.24) is 15.1 Å². The second-order valence-electron chi connectivity index (χ2n) is 6.18. The van der Waals surface area contributed by atoms with Gasteiger partial charge in [0.1, 0.15) is 0 Å². The number of hydrogen-bond acceptors (Lipinski definition) is 3. The van der Waals surface area contributed by atoms with Crippen LogP contribution in [0.15, 0.2) is 10.8 Å². The van der Waals surface area contributed by atoms with Gasteiger partial charge in [0.2, 0.25) is 5.91 Å². The molecule has 0 unspecified atom stereocenters. The predicted octanol–water partition coefficient (Wildman–Crippen LogP) is 2.21. The van der Waals surface area contributed by atoms with Crippen LogP contribution in [0.4, 0.5) is 4.79 Å². The van der Waals surface area contributed by atoms with E-state index in [1.807, 2.05) is 9.80 Å². The van der Waals surface area contributed by atoms with Crippen LogP contribution in [0.25, 0.3) is 0 Å². The Labute approximate surface area is 135 Å². The minimum Gasteiger partial charge on any atom is -0.341 e. The monoisotopic (exact) mass is 321 g/mol. The van der Waals surface area contributed by atoms with Gasteiger partial charge in [-0.15, -0.1) is 0 Å². The molecule has 2 heterocycles. The Morgan fingerprint density at radius 2 is 1.91 bits per heavy atom. The second kappa shape index (κ2) is 6.69. The molecule has 1 aromatic rings. The first-order valence-corrected chi connectivity index (χ1v) is 8.92. The van der Waals surface area contributed by atoms with Gasteiger partial charge >= 0.3 is 6.03 Å². The Kier molecular flexibility index (Phi) is 4.66. The lowest BCUT2D eigenvalue weighted by molar-refractivity contribution is -0.132. The van der Waals surface area contributed by atoms with Crippen LogP contribution in [-0.4, -0.2) is 47.9 Å². The number of urea groups is 1. The first-order chi connectivity index (χ1) is 10.6. The van der Waals surface area contributed by atoms with Crippen LogP contribution < -0.4 is 5.32 Å². The van der Waals surface area contributed by atoms with E-state index in [0.717, 1.165) is 32.4 Å². The molecule has 3 rings (SSSR count). The van der Waals surface area contributed by atoms with Crippen LogP contribution in [0.2, 0.25) is 0 Å². The van der Waals surface area contributed by atoms with Crippen molar-refractivity contribution in [3.8, 4) is 0 Å². The van der Waals surface area contributed by atoms with E-state index in [-0.39, 0.29) is 17.9 Å². The van der Waals surface area contributed by atoms with Crippen molar-refractivity contribution >= 4 is 23.3 Å². The zero-order chi connectivity index (χ0) is 15.5. The minimum absolute atomic E-state index is 0.0219. The second-order valence-corrected chi connectivity index (χ2v) is 6.92. The van der Waals surface area contributed by atoms with Crippen LogP contribution in [0.1, 0.15) is 30.4 Å². The number of rotatable bonds is 3. The van der Waals surface area contributed by atoms with Gasteiger partial charge in [0, 0.05) is 38.6 Å². The van der Waals surface area contributed by atoms with Gasteiger partial charge in [-0.2, -0.15) is 11.3 Å². The highest BCUT2D eigenvalue weighted by Crippen LogP contribution is 2.31. The molecular weight excluding hydrogens is 298 g/mol. The number of nitrogens with zero attached hydrogens (tertiary/aromatic N) is 2. The lowest BCUT2D eigenvalue weighted by Crippen LogP contribution is -2.42. The lowest BCUT2D eigenvalue weighted by atomic mass is 10.2. The van der Waals surface area contributed by atoms with Crippen LogP contribution in [-0.2, 0) is 11.3 Å². The topological polar surface area (TPSA) is 52.7 Å². The van der Waals surface area contributed by atoms with Crippen molar-refractivity contribution < 1.29 is 9.59 Å². The number of carbonyl (C=O) groups excluding carboxylic acids is 2. The first-order valence-electron chi connectivity index (χ1n) is 7.98. The highest BCUT2D eigenvalue weighted by atomic mass is 32.1. The summed E-state index contributed by atoms with van der Waals surface area (Å²) in [5.41, 5.74) is 2.40. The molecule has 0 aromatic carbocycles. The molecule has 0 spiro atoms. The van der Waals surface area contributed by atoms with Crippen molar-refractivity contribution in [1.29, 1.82) is 0 Å². The quantitative estimate of drug-likeness (QED) is 0.928. The third-order valence-corrected chi connectivity index (χ3v) is 5.32. The Morgan fingerprint density at radius 1 is 1.18 bits per heavy atom. The molecule has 1 N–H and O–H groups in total. The minimum atomic E-state index is -0.0219. The van der Waals surface area contributed by atoms with E-state index >= 15 is 0 Å². The maximum atomic E-state index is 12.3. The zero-order valence-electron chi connectivity index (χ0n) is 13.0. The number of nitrogens with one attached hydrogen (secondary N) is 1. The van der Waals surface area contributed by atoms with Crippen molar-refractivity contribution in [2.75, 3.05) is 26.2 Å². The summed E-state index contributed by atoms with van der Waals surface area (Å²) < 4.78 is 0. The molecular formula is C16H23N3O2S. The third kappa shape index (κ3) is 3.61. The fourth-order valence-corrected chi connectivity index (χ4v) is 3.64. The van der Waals surface area contributed by atoms with Gasteiger partial charge in [0.15, 0.2) is 0 Å². The van der Waals surface area contributed by atoms with E-state index in [0.29, 0.717) is 19.6 Å². The third-order valence-electron chi connectivity index (χ3n) is 4.41. The molecule has 6 heteroatoms. The largest absolute Gasteiger partial charge is 0.341 e. The Morgan fingerprint density at radius 3 is 2.59 bits per heavy atom. The SMILES string of the molecule is Cc1cscc1CNC(=O)N1CCCN(C(=O)C2CC2)CC1. The van der Waals surface area contributed by atoms with E-state index in [2.05, 4.69) is 23.0 Å². The highest BCUT2D eigenvalue weighted by Gasteiger charge is 2.34. The number of hydrogen-bond donors (Lipinski definition) is 1. The van der Waals surface area contributed by atoms with Crippen LogP contribution in [0.3, 0.4) is 0 Å². The molecule has 0 atom stereocenters. The summed E-state index contributed by atoms with van der Waals surface area (Å²) in [6.07, 6.45) is 2.95. The summed E-state index contributed by atoms with van der Waals surface area (Å²) in [7, 11) is 0. The van der Waals surface area contributed by atoms with E-state index < -0.39 is 0 Å². The van der Waals surface area contributed by atoms with Gasteiger partial charge in [0.05, 0.1) is 0 Å². The molecule has 1 saturated carbocycles. The Hall–Kier alpha value is -1.56. The molecule has 3 amide bonds. The average molecular weight is 321 g/mol. The van der Waals surface area contributed by atoms with E-state index in [1.165, 1.54) is 11.1 Å². The van der Waals surface area contributed by atoms with Crippen molar-refractivity contribution in [3.05, 3.63) is 21.9 Å². The summed E-state index contributed by atoms with van der Waals surface area (Å²) >= 11 is 1.66. The smallest absolute Gasteiger partial charge is 0.317 e. The molecule has 1 aliphatic carbocycles.